The highest BCUT2D eigenvalue weighted by atomic mass is 31.2. The molecule has 0 bridgehead atoms. The number of hydrogen-bond donors (Lipinski definition) is 0. The fourth-order valence-electron chi connectivity index (χ4n) is 0.724. The first-order valence-corrected chi connectivity index (χ1v) is 6.16. The molecule has 0 saturated carbocycles. The summed E-state index contributed by atoms with van der Waals surface area (Å²) in [7, 11) is -3.66. The number of esters is 1. The summed E-state index contributed by atoms with van der Waals surface area (Å²) in [5.74, 6) is 1.39. The molecular formula is C9H15O6P. The Kier molecular flexibility index (Phi) is 7.86. The average Bonchev–Trinajstić information content (AvgIpc) is 2.24. The molecule has 0 aromatic rings. The van der Waals surface area contributed by atoms with Crippen molar-refractivity contribution in [2.45, 2.75) is 13.8 Å². The molecule has 0 radical (unpaired) electrons. The first kappa shape index (κ1) is 15.1. The maximum Gasteiger partial charge on any atom is 0.475 e. The molecule has 7 heteroatoms. The smallest absolute Gasteiger partial charge is 0.451 e. The zero-order valence-electron chi connectivity index (χ0n) is 9.30. The van der Waals surface area contributed by atoms with Crippen LogP contribution in [0.5, 0.6) is 0 Å². The highest BCUT2D eigenvalue weighted by molar-refractivity contribution is 7.48. The number of terminal acetylenes is 1. The molecule has 0 aromatic heterocycles. The summed E-state index contributed by atoms with van der Waals surface area (Å²) in [6.45, 7) is 2.87. The zero-order valence-corrected chi connectivity index (χ0v) is 10.2. The van der Waals surface area contributed by atoms with Gasteiger partial charge < -0.3 is 4.74 Å². The average molecular weight is 250 g/mol. The van der Waals surface area contributed by atoms with Gasteiger partial charge in [-0.25, -0.2) is 9.36 Å². The Morgan fingerprint density at radius 3 is 2.25 bits per heavy atom. The number of phosphoric ester groups is 1. The Balaban J connectivity index is 4.07. The van der Waals surface area contributed by atoms with Crippen molar-refractivity contribution >= 4 is 13.8 Å². The lowest BCUT2D eigenvalue weighted by molar-refractivity contribution is -0.145. The topological polar surface area (TPSA) is 71.1 Å². The molecule has 0 amide bonds. The molecule has 0 heterocycles. The first-order chi connectivity index (χ1) is 7.58. The van der Waals surface area contributed by atoms with Gasteiger partial charge in [0.05, 0.1) is 13.2 Å². The molecule has 0 aliphatic carbocycles. The lowest BCUT2D eigenvalue weighted by atomic mass is 10.7. The van der Waals surface area contributed by atoms with Gasteiger partial charge in [0, 0.05) is 0 Å². The van der Waals surface area contributed by atoms with E-state index < -0.39 is 20.4 Å². The van der Waals surface area contributed by atoms with Crippen LogP contribution in [0, 0.1) is 12.3 Å². The fraction of sp³-hybridized carbons (Fsp3) is 0.667. The SMILES string of the molecule is C#CCOC(=O)COP(=O)(OCC)OCC. The van der Waals surface area contributed by atoms with Crippen LogP contribution in [0.3, 0.4) is 0 Å². The van der Waals surface area contributed by atoms with Gasteiger partial charge in [0.1, 0.15) is 0 Å². The lowest BCUT2D eigenvalue weighted by Gasteiger charge is -2.15. The first-order valence-electron chi connectivity index (χ1n) is 4.70. The predicted molar refractivity (Wildman–Crippen MR) is 56.6 cm³/mol. The normalized spacial score (nSPS) is 10.8. The second-order valence-electron chi connectivity index (χ2n) is 2.42. The number of phosphoric acid groups is 1. The van der Waals surface area contributed by atoms with Gasteiger partial charge in [-0.3, -0.25) is 13.6 Å². The summed E-state index contributed by atoms with van der Waals surface area (Å²) in [6.07, 6.45) is 4.88. The maximum atomic E-state index is 11.7. The van der Waals surface area contributed by atoms with Gasteiger partial charge in [0.2, 0.25) is 0 Å². The molecule has 0 unspecified atom stereocenters. The molecule has 16 heavy (non-hydrogen) atoms. The van der Waals surface area contributed by atoms with E-state index in [0.29, 0.717) is 0 Å². The van der Waals surface area contributed by atoms with Gasteiger partial charge in [-0.05, 0) is 13.8 Å². The molecule has 0 aliphatic rings. The molecule has 0 spiro atoms. The predicted octanol–water partition coefficient (Wildman–Crippen LogP) is 1.36. The monoisotopic (exact) mass is 250 g/mol. The number of carbonyl (C=O) groups is 1. The van der Waals surface area contributed by atoms with Crippen molar-refractivity contribution in [1.29, 1.82) is 0 Å². The number of rotatable bonds is 8. The highest BCUT2D eigenvalue weighted by Gasteiger charge is 2.26. The van der Waals surface area contributed by atoms with Gasteiger partial charge >= 0.3 is 13.8 Å². The molecule has 6 nitrogen and oxygen atoms in total. The number of hydrogen-bond acceptors (Lipinski definition) is 6. The van der Waals surface area contributed by atoms with Crippen molar-refractivity contribution < 1.29 is 27.7 Å². The van der Waals surface area contributed by atoms with Crippen molar-refractivity contribution in [3.8, 4) is 12.3 Å². The van der Waals surface area contributed by atoms with Crippen LogP contribution in [0.2, 0.25) is 0 Å². The fourth-order valence-corrected chi connectivity index (χ4v) is 1.84. The Hall–Kier alpha value is -0.860. The maximum absolute atomic E-state index is 11.7. The van der Waals surface area contributed by atoms with Gasteiger partial charge in [-0.15, -0.1) is 6.42 Å². The Labute approximate surface area is 94.8 Å². The van der Waals surface area contributed by atoms with E-state index in [4.69, 9.17) is 20.0 Å². The summed E-state index contributed by atoms with van der Waals surface area (Å²) in [6, 6.07) is 0. The van der Waals surface area contributed by atoms with E-state index in [1.54, 1.807) is 13.8 Å². The molecule has 0 fully saturated rings. The molecule has 0 rings (SSSR count). The van der Waals surface area contributed by atoms with Gasteiger partial charge in [0.15, 0.2) is 13.2 Å². The van der Waals surface area contributed by atoms with E-state index in [1.165, 1.54) is 0 Å². The van der Waals surface area contributed by atoms with Gasteiger partial charge in [0.25, 0.3) is 0 Å². The third kappa shape index (κ3) is 6.59. The third-order valence-corrected chi connectivity index (χ3v) is 2.83. The van der Waals surface area contributed by atoms with Crippen LogP contribution in [0.4, 0.5) is 0 Å². The van der Waals surface area contributed by atoms with Crippen molar-refractivity contribution in [1.82, 2.24) is 0 Å². The third-order valence-electron chi connectivity index (χ3n) is 1.23. The molecule has 0 aromatic carbocycles. The van der Waals surface area contributed by atoms with Crippen molar-refractivity contribution in [3.63, 3.8) is 0 Å². The standard InChI is InChI=1S/C9H15O6P/c1-4-7-12-9(10)8-15-16(11,13-5-2)14-6-3/h1H,5-8H2,2-3H3. The van der Waals surface area contributed by atoms with E-state index in [0.717, 1.165) is 0 Å². The van der Waals surface area contributed by atoms with Crippen LogP contribution >= 0.6 is 7.82 Å². The van der Waals surface area contributed by atoms with Crippen molar-refractivity contribution in [2.75, 3.05) is 26.4 Å². The molecule has 0 saturated heterocycles. The van der Waals surface area contributed by atoms with Crippen LogP contribution in [0.15, 0.2) is 0 Å². The van der Waals surface area contributed by atoms with E-state index in [9.17, 15) is 9.36 Å². The second-order valence-corrected chi connectivity index (χ2v) is 4.09. The van der Waals surface area contributed by atoms with Crippen LogP contribution in [-0.4, -0.2) is 32.4 Å². The molecule has 92 valence electrons. The minimum atomic E-state index is -3.66. The van der Waals surface area contributed by atoms with Crippen LogP contribution in [0.1, 0.15) is 13.8 Å². The van der Waals surface area contributed by atoms with Crippen molar-refractivity contribution in [2.24, 2.45) is 0 Å². The van der Waals surface area contributed by atoms with Crippen LogP contribution in [-0.2, 0) is 27.7 Å². The molecule has 0 aliphatic heterocycles. The quantitative estimate of drug-likeness (QED) is 0.368. The van der Waals surface area contributed by atoms with E-state index in [1.807, 2.05) is 0 Å². The summed E-state index contributed by atoms with van der Waals surface area (Å²) >= 11 is 0. The highest BCUT2D eigenvalue weighted by Crippen LogP contribution is 2.48. The minimum absolute atomic E-state index is 0.149. The van der Waals surface area contributed by atoms with E-state index in [-0.39, 0.29) is 19.8 Å². The van der Waals surface area contributed by atoms with Gasteiger partial charge in [-0.1, -0.05) is 5.92 Å². The summed E-state index contributed by atoms with van der Waals surface area (Å²) in [5.41, 5.74) is 0. The zero-order chi connectivity index (χ0) is 12.4. The van der Waals surface area contributed by atoms with E-state index in [2.05, 4.69) is 10.7 Å². The molecule has 0 atom stereocenters. The number of carbonyl (C=O) groups excluding carboxylic acids is 1. The number of ether oxygens (including phenoxy) is 1. The van der Waals surface area contributed by atoms with Crippen LogP contribution in [0.25, 0.3) is 0 Å². The Morgan fingerprint density at radius 2 is 1.81 bits per heavy atom. The van der Waals surface area contributed by atoms with Gasteiger partial charge in [-0.2, -0.15) is 0 Å². The van der Waals surface area contributed by atoms with Crippen molar-refractivity contribution in [3.05, 3.63) is 0 Å². The van der Waals surface area contributed by atoms with E-state index >= 15 is 0 Å². The minimum Gasteiger partial charge on any atom is -0.451 e. The largest absolute Gasteiger partial charge is 0.475 e. The Bertz CT molecular complexity index is 285. The second kappa shape index (κ2) is 8.31. The summed E-state index contributed by atoms with van der Waals surface area (Å²) < 4.78 is 30.5. The summed E-state index contributed by atoms with van der Waals surface area (Å²) in [4.78, 5) is 11.0. The molecular weight excluding hydrogens is 235 g/mol. The Morgan fingerprint density at radius 1 is 1.25 bits per heavy atom. The lowest BCUT2D eigenvalue weighted by Crippen LogP contribution is -2.13. The van der Waals surface area contributed by atoms with Crippen LogP contribution < -0.4 is 0 Å². The molecule has 0 N–H and O–H groups in total. The summed E-state index contributed by atoms with van der Waals surface area (Å²) in [5, 5.41) is 0.